The first-order chi connectivity index (χ1) is 10.6. The van der Waals surface area contributed by atoms with Crippen LogP contribution in [0.4, 0.5) is 32.0 Å². The molecule has 0 bridgehead atoms. The Hall–Kier alpha value is -2.38. The highest BCUT2D eigenvalue weighted by Gasteiger charge is 2.74. The lowest BCUT2D eigenvalue weighted by atomic mass is 9.91. The Labute approximate surface area is 127 Å². The molecule has 0 fully saturated rings. The van der Waals surface area contributed by atoms with Crippen LogP contribution in [0.25, 0.3) is 0 Å². The highest BCUT2D eigenvalue weighted by molar-refractivity contribution is 5.42. The zero-order valence-electron chi connectivity index (χ0n) is 11.4. The van der Waals surface area contributed by atoms with Crippen molar-refractivity contribution in [2.45, 2.75) is 18.0 Å². The molecule has 0 aliphatic rings. The molecule has 2 aromatic carbocycles. The van der Waals surface area contributed by atoms with E-state index in [0.29, 0.717) is 0 Å². The fraction of sp³-hybridized carbons (Fsp3) is 0.200. The van der Waals surface area contributed by atoms with Crippen LogP contribution in [0.2, 0.25) is 0 Å². The van der Waals surface area contributed by atoms with Crippen LogP contribution in [0.5, 0.6) is 5.75 Å². The summed E-state index contributed by atoms with van der Waals surface area (Å²) in [4.78, 5) is 0. The topological polar surface area (TPSA) is 35.2 Å². The number of anilines is 1. The predicted molar refractivity (Wildman–Crippen MR) is 71.7 cm³/mol. The second kappa shape index (κ2) is 5.68. The normalized spacial score (nSPS) is 13.0. The predicted octanol–water partition coefficient (Wildman–Crippen LogP) is 4.67. The number of benzene rings is 2. The molecule has 0 atom stereocenters. The summed E-state index contributed by atoms with van der Waals surface area (Å²) in [5, 5.41) is 0. The Morgan fingerprint density at radius 2 is 1.17 bits per heavy atom. The van der Waals surface area contributed by atoms with Crippen molar-refractivity contribution in [2.75, 3.05) is 5.73 Å². The van der Waals surface area contributed by atoms with E-state index in [1.54, 1.807) is 0 Å². The van der Waals surface area contributed by atoms with E-state index >= 15 is 0 Å². The number of nitrogen functional groups attached to an aromatic ring is 1. The van der Waals surface area contributed by atoms with Gasteiger partial charge in [0.15, 0.2) is 0 Å². The van der Waals surface area contributed by atoms with Crippen LogP contribution in [0, 0.1) is 0 Å². The highest BCUT2D eigenvalue weighted by Crippen LogP contribution is 2.52. The van der Waals surface area contributed by atoms with Crippen molar-refractivity contribution in [3.8, 4) is 5.75 Å². The first-order valence-corrected chi connectivity index (χ1v) is 6.31. The summed E-state index contributed by atoms with van der Waals surface area (Å²) in [5.41, 5.74) is 0.0219. The summed E-state index contributed by atoms with van der Waals surface area (Å²) in [6, 6.07) is 9.10. The molecule has 0 heterocycles. The first-order valence-electron chi connectivity index (χ1n) is 6.31. The zero-order valence-corrected chi connectivity index (χ0v) is 11.4. The van der Waals surface area contributed by atoms with Gasteiger partial charge >= 0.3 is 18.0 Å². The Morgan fingerprint density at radius 1 is 0.696 bits per heavy atom. The fourth-order valence-electron chi connectivity index (χ4n) is 2.05. The summed E-state index contributed by atoms with van der Waals surface area (Å²) in [6.45, 7) is 0. The molecular formula is C15H11F6NO. The third kappa shape index (κ3) is 3.06. The van der Waals surface area contributed by atoms with Gasteiger partial charge in [0.25, 0.3) is 0 Å². The largest absolute Gasteiger partial charge is 0.464 e. The summed E-state index contributed by atoms with van der Waals surface area (Å²) in [5.74, 6) is -0.599. The summed E-state index contributed by atoms with van der Waals surface area (Å²) < 4.78 is 85.2. The Morgan fingerprint density at radius 3 is 1.61 bits per heavy atom. The molecule has 0 saturated carbocycles. The van der Waals surface area contributed by atoms with Gasteiger partial charge < -0.3 is 10.5 Å². The maximum atomic E-state index is 13.5. The van der Waals surface area contributed by atoms with Crippen molar-refractivity contribution >= 4 is 5.69 Å². The molecule has 0 radical (unpaired) electrons. The van der Waals surface area contributed by atoms with Gasteiger partial charge in [-0.15, -0.1) is 0 Å². The molecule has 0 spiro atoms. The van der Waals surface area contributed by atoms with Gasteiger partial charge in [-0.1, -0.05) is 30.3 Å². The lowest BCUT2D eigenvalue weighted by molar-refractivity contribution is -0.365. The van der Waals surface area contributed by atoms with Gasteiger partial charge in [-0.2, -0.15) is 26.3 Å². The Kier molecular flexibility index (Phi) is 4.19. The second-order valence-corrected chi connectivity index (χ2v) is 4.71. The van der Waals surface area contributed by atoms with E-state index in [1.165, 1.54) is 6.07 Å². The van der Waals surface area contributed by atoms with Crippen LogP contribution in [0.15, 0.2) is 54.6 Å². The quantitative estimate of drug-likeness (QED) is 0.654. The highest BCUT2D eigenvalue weighted by atomic mass is 19.4. The number of halogens is 6. The van der Waals surface area contributed by atoms with Gasteiger partial charge in [-0.3, -0.25) is 0 Å². The van der Waals surface area contributed by atoms with Crippen LogP contribution in [0.3, 0.4) is 0 Å². The van der Waals surface area contributed by atoms with Crippen molar-refractivity contribution in [1.29, 1.82) is 0 Å². The van der Waals surface area contributed by atoms with Crippen molar-refractivity contribution < 1.29 is 31.1 Å². The lowest BCUT2D eigenvalue weighted by Gasteiger charge is -2.37. The number of nitrogens with two attached hydrogens (primary N) is 1. The molecule has 0 unspecified atom stereocenters. The minimum Gasteiger partial charge on any atom is -0.464 e. The van der Waals surface area contributed by atoms with Crippen LogP contribution >= 0.6 is 0 Å². The first kappa shape index (κ1) is 17.0. The molecule has 8 heteroatoms. The summed E-state index contributed by atoms with van der Waals surface area (Å²) >= 11 is 0. The fourth-order valence-corrected chi connectivity index (χ4v) is 2.05. The number of hydrogen-bond donors (Lipinski definition) is 1. The average molecular weight is 335 g/mol. The third-order valence-corrected chi connectivity index (χ3v) is 3.13. The third-order valence-electron chi connectivity index (χ3n) is 3.13. The molecule has 23 heavy (non-hydrogen) atoms. The standard InChI is InChI=1S/C15H11F6NO/c16-14(17,18)13(15(19,20)21,10-4-2-1-3-5-10)23-12-8-6-11(22)7-9-12/h1-9H,22H2. The second-order valence-electron chi connectivity index (χ2n) is 4.71. The lowest BCUT2D eigenvalue weighted by Crippen LogP contribution is -2.58. The van der Waals surface area contributed by atoms with Crippen molar-refractivity contribution in [2.24, 2.45) is 0 Å². The molecule has 2 rings (SSSR count). The van der Waals surface area contributed by atoms with Crippen molar-refractivity contribution in [3.63, 3.8) is 0 Å². The maximum absolute atomic E-state index is 13.5. The van der Waals surface area contributed by atoms with E-state index in [9.17, 15) is 26.3 Å². The molecule has 124 valence electrons. The van der Waals surface area contributed by atoms with E-state index in [4.69, 9.17) is 5.73 Å². The summed E-state index contributed by atoms with van der Waals surface area (Å²) in [7, 11) is 0. The van der Waals surface area contributed by atoms with Crippen LogP contribution in [0.1, 0.15) is 5.56 Å². The van der Waals surface area contributed by atoms with Gasteiger partial charge in [-0.05, 0) is 24.3 Å². The van der Waals surface area contributed by atoms with E-state index in [-0.39, 0.29) is 5.69 Å². The monoisotopic (exact) mass is 335 g/mol. The molecule has 2 N–H and O–H groups in total. The average Bonchev–Trinajstić information content (AvgIpc) is 2.45. The maximum Gasteiger partial charge on any atom is 0.442 e. The number of alkyl halides is 6. The number of rotatable bonds is 3. The zero-order chi connectivity index (χ0) is 17.3. The SMILES string of the molecule is Nc1ccc(OC(c2ccccc2)(C(F)(F)F)C(F)(F)F)cc1. The van der Waals surface area contributed by atoms with Crippen LogP contribution < -0.4 is 10.5 Å². The number of hydrogen-bond acceptors (Lipinski definition) is 2. The Bertz CT molecular complexity index is 634. The van der Waals surface area contributed by atoms with E-state index in [0.717, 1.165) is 48.5 Å². The van der Waals surface area contributed by atoms with Gasteiger partial charge in [0, 0.05) is 11.3 Å². The van der Waals surface area contributed by atoms with E-state index < -0.39 is 29.3 Å². The van der Waals surface area contributed by atoms with Gasteiger partial charge in [0.05, 0.1) is 0 Å². The molecule has 2 nitrogen and oxygen atoms in total. The minimum absolute atomic E-state index is 0.182. The minimum atomic E-state index is -5.73. The van der Waals surface area contributed by atoms with Gasteiger partial charge in [-0.25, -0.2) is 0 Å². The smallest absolute Gasteiger partial charge is 0.442 e. The Balaban J connectivity index is 2.65. The molecular weight excluding hydrogens is 324 g/mol. The molecule has 2 aromatic rings. The molecule has 0 saturated heterocycles. The van der Waals surface area contributed by atoms with Gasteiger partial charge in [0.1, 0.15) is 5.75 Å². The van der Waals surface area contributed by atoms with Crippen molar-refractivity contribution in [1.82, 2.24) is 0 Å². The molecule has 0 aliphatic heterocycles. The van der Waals surface area contributed by atoms with Crippen LogP contribution in [-0.4, -0.2) is 12.4 Å². The molecule has 0 amide bonds. The van der Waals surface area contributed by atoms with Gasteiger partial charge in [0.2, 0.25) is 0 Å². The number of ether oxygens (including phenoxy) is 1. The molecule has 0 aromatic heterocycles. The molecule has 0 aliphatic carbocycles. The van der Waals surface area contributed by atoms with E-state index in [2.05, 4.69) is 4.74 Å². The van der Waals surface area contributed by atoms with E-state index in [1.807, 2.05) is 0 Å². The summed E-state index contributed by atoms with van der Waals surface area (Å²) in [6.07, 6.45) is -11.5. The van der Waals surface area contributed by atoms with Crippen LogP contribution in [-0.2, 0) is 5.60 Å². The van der Waals surface area contributed by atoms with Crippen molar-refractivity contribution in [3.05, 3.63) is 60.2 Å².